The molecule has 3 fully saturated rings. The lowest BCUT2D eigenvalue weighted by Crippen LogP contribution is -2.76. The second-order valence-corrected chi connectivity index (χ2v) is 8.77. The van der Waals surface area contributed by atoms with Crippen LogP contribution in [0.1, 0.15) is 35.6 Å². The molecule has 5 heteroatoms. The molecule has 3 aliphatic carbocycles. The summed E-state index contributed by atoms with van der Waals surface area (Å²) in [6, 6.07) is 14.4. The Labute approximate surface area is 176 Å². The quantitative estimate of drug-likeness (QED) is 0.751. The Morgan fingerprint density at radius 1 is 1.20 bits per heavy atom. The van der Waals surface area contributed by atoms with Crippen LogP contribution in [0.5, 0.6) is 0 Å². The van der Waals surface area contributed by atoms with Crippen LogP contribution in [0.3, 0.4) is 0 Å². The number of carbonyl (C=O) groups excluding carboxylic acids is 1. The largest absolute Gasteiger partial charge is 0.338 e. The number of nitrogens with one attached hydrogen (secondary N) is 2. The van der Waals surface area contributed by atoms with Crippen molar-refractivity contribution in [2.45, 2.75) is 30.8 Å². The van der Waals surface area contributed by atoms with Gasteiger partial charge in [0, 0.05) is 18.6 Å². The average Bonchev–Trinajstić information content (AvgIpc) is 2.72. The topological polar surface area (TPSA) is 44.4 Å². The normalized spacial score (nSPS) is 28.5. The van der Waals surface area contributed by atoms with Crippen LogP contribution in [0.4, 0.5) is 9.18 Å². The van der Waals surface area contributed by atoms with Gasteiger partial charge in [0.25, 0.3) is 0 Å². The van der Waals surface area contributed by atoms with E-state index in [-0.39, 0.29) is 23.4 Å². The highest BCUT2D eigenvalue weighted by Crippen LogP contribution is 2.61. The summed E-state index contributed by atoms with van der Waals surface area (Å²) in [5, 5.41) is 6.66. The van der Waals surface area contributed by atoms with E-state index in [1.165, 1.54) is 17.7 Å². The number of nitrogens with zero attached hydrogens (tertiary/aromatic N) is 1. The van der Waals surface area contributed by atoms with Gasteiger partial charge in [-0.15, -0.1) is 6.42 Å². The van der Waals surface area contributed by atoms with E-state index in [0.29, 0.717) is 31.5 Å². The third-order valence-corrected chi connectivity index (χ3v) is 7.28. The molecule has 6 rings (SSSR count). The molecule has 2 aromatic rings. The van der Waals surface area contributed by atoms with Crippen molar-refractivity contribution in [2.24, 2.45) is 11.8 Å². The fraction of sp³-hybridized carbons (Fsp3) is 0.400. The van der Waals surface area contributed by atoms with Crippen molar-refractivity contribution in [3.05, 3.63) is 71.0 Å². The van der Waals surface area contributed by atoms with E-state index in [0.717, 1.165) is 30.4 Å². The van der Waals surface area contributed by atoms with Crippen LogP contribution in [-0.4, -0.2) is 36.1 Å². The second kappa shape index (κ2) is 7.45. The van der Waals surface area contributed by atoms with Crippen LogP contribution in [0, 0.1) is 30.0 Å². The van der Waals surface area contributed by atoms with E-state index in [2.05, 4.69) is 28.7 Å². The highest BCUT2D eigenvalue weighted by molar-refractivity contribution is 5.76. The standard InChI is InChI=1S/C25H26FN3O/c1-2-12-28-25-14-19(15-25)22(25)16-27-24(30)29-13-11-17-5-3-4-6-21(17)23(29)18-7-9-20(26)10-8-18/h1,3-10,19,22-23,28H,11-16H2,(H,27,30)/t19?,22?,23-,25?/m0/s1. The summed E-state index contributed by atoms with van der Waals surface area (Å²) in [6.07, 6.45) is 8.54. The summed E-state index contributed by atoms with van der Waals surface area (Å²) in [7, 11) is 0. The molecule has 0 spiro atoms. The molecule has 0 saturated heterocycles. The third-order valence-electron chi connectivity index (χ3n) is 7.28. The molecule has 4 nitrogen and oxygen atoms in total. The van der Waals surface area contributed by atoms with E-state index < -0.39 is 0 Å². The predicted molar refractivity (Wildman–Crippen MR) is 114 cm³/mol. The first kappa shape index (κ1) is 19.1. The van der Waals surface area contributed by atoms with Gasteiger partial charge in [-0.2, -0.15) is 0 Å². The van der Waals surface area contributed by atoms with Gasteiger partial charge in [-0.25, -0.2) is 9.18 Å². The SMILES string of the molecule is C#CCNC12CC(C1)C2CNC(=O)N1CCc2ccccc2[C@@H]1c1ccc(F)cc1. The van der Waals surface area contributed by atoms with Crippen molar-refractivity contribution in [3.8, 4) is 12.3 Å². The van der Waals surface area contributed by atoms with E-state index in [9.17, 15) is 9.18 Å². The van der Waals surface area contributed by atoms with Gasteiger partial charge in [0.15, 0.2) is 0 Å². The van der Waals surface area contributed by atoms with Crippen molar-refractivity contribution in [1.82, 2.24) is 15.5 Å². The van der Waals surface area contributed by atoms with Crippen molar-refractivity contribution in [2.75, 3.05) is 19.6 Å². The third kappa shape index (κ3) is 3.07. The van der Waals surface area contributed by atoms with Crippen LogP contribution in [-0.2, 0) is 6.42 Å². The zero-order valence-corrected chi connectivity index (χ0v) is 16.9. The number of amides is 2. The maximum Gasteiger partial charge on any atom is 0.318 e. The van der Waals surface area contributed by atoms with Crippen LogP contribution in [0.2, 0.25) is 0 Å². The Morgan fingerprint density at radius 2 is 1.97 bits per heavy atom. The summed E-state index contributed by atoms with van der Waals surface area (Å²) in [5.74, 6) is 3.53. The number of fused-ring (bicyclic) bond motifs is 1. The fourth-order valence-electron chi connectivity index (χ4n) is 5.55. The van der Waals surface area contributed by atoms with Crippen molar-refractivity contribution >= 4 is 6.03 Å². The van der Waals surface area contributed by atoms with Gasteiger partial charge in [0.2, 0.25) is 0 Å². The maximum atomic E-state index is 13.5. The molecule has 4 aliphatic rings. The number of terminal acetylenes is 1. The number of benzene rings is 2. The van der Waals surface area contributed by atoms with Gasteiger partial charge in [0.05, 0.1) is 12.6 Å². The first-order valence-corrected chi connectivity index (χ1v) is 10.7. The molecule has 1 unspecified atom stereocenters. The minimum absolute atomic E-state index is 0.0581. The monoisotopic (exact) mass is 403 g/mol. The second-order valence-electron chi connectivity index (χ2n) is 8.77. The van der Waals surface area contributed by atoms with Gasteiger partial charge in [-0.1, -0.05) is 42.3 Å². The number of urea groups is 1. The van der Waals surface area contributed by atoms with E-state index >= 15 is 0 Å². The molecule has 2 atom stereocenters. The summed E-state index contributed by atoms with van der Waals surface area (Å²) in [5.41, 5.74) is 3.41. The zero-order valence-electron chi connectivity index (χ0n) is 16.9. The van der Waals surface area contributed by atoms with Crippen LogP contribution >= 0.6 is 0 Å². The molecule has 30 heavy (non-hydrogen) atoms. The molecule has 1 heterocycles. The van der Waals surface area contributed by atoms with Crippen molar-refractivity contribution in [1.29, 1.82) is 0 Å². The summed E-state index contributed by atoms with van der Waals surface area (Å²) < 4.78 is 13.5. The minimum Gasteiger partial charge on any atom is -0.338 e. The molecule has 3 saturated carbocycles. The van der Waals surface area contributed by atoms with E-state index in [1.807, 2.05) is 17.0 Å². The molecular weight excluding hydrogens is 377 g/mol. The van der Waals surface area contributed by atoms with Gasteiger partial charge in [-0.05, 0) is 59.9 Å². The number of hydrogen-bond donors (Lipinski definition) is 2. The average molecular weight is 404 g/mol. The summed E-state index contributed by atoms with van der Waals surface area (Å²) in [6.45, 7) is 1.88. The van der Waals surface area contributed by atoms with Crippen LogP contribution < -0.4 is 10.6 Å². The lowest BCUT2D eigenvalue weighted by molar-refractivity contribution is -0.131. The van der Waals surface area contributed by atoms with Gasteiger partial charge >= 0.3 is 6.03 Å². The maximum absolute atomic E-state index is 13.5. The lowest BCUT2D eigenvalue weighted by Gasteiger charge is -2.68. The smallest absolute Gasteiger partial charge is 0.318 e. The van der Waals surface area contributed by atoms with Crippen LogP contribution in [0.15, 0.2) is 48.5 Å². The number of rotatable bonds is 5. The molecule has 2 bridgehead atoms. The van der Waals surface area contributed by atoms with Gasteiger partial charge in [0.1, 0.15) is 5.82 Å². The van der Waals surface area contributed by atoms with Crippen LogP contribution in [0.25, 0.3) is 0 Å². The number of halogens is 1. The summed E-state index contributed by atoms with van der Waals surface area (Å²) >= 11 is 0. The van der Waals surface area contributed by atoms with Crippen molar-refractivity contribution in [3.63, 3.8) is 0 Å². The first-order chi connectivity index (χ1) is 14.6. The highest BCUT2D eigenvalue weighted by atomic mass is 19.1. The Morgan fingerprint density at radius 3 is 2.67 bits per heavy atom. The molecule has 2 amide bonds. The minimum atomic E-state index is -0.271. The number of carbonyl (C=O) groups is 1. The van der Waals surface area contributed by atoms with E-state index in [1.54, 1.807) is 12.1 Å². The highest BCUT2D eigenvalue weighted by Gasteiger charge is 2.64. The zero-order chi connectivity index (χ0) is 20.7. The molecule has 0 aromatic heterocycles. The Balaban J connectivity index is 1.33. The van der Waals surface area contributed by atoms with Crippen molar-refractivity contribution < 1.29 is 9.18 Å². The fourth-order valence-corrected chi connectivity index (χ4v) is 5.55. The first-order valence-electron chi connectivity index (χ1n) is 10.7. The molecule has 2 N–H and O–H groups in total. The van der Waals surface area contributed by atoms with Gasteiger partial charge < -0.3 is 15.5 Å². The summed E-state index contributed by atoms with van der Waals surface area (Å²) in [4.78, 5) is 15.1. The number of hydrogen-bond acceptors (Lipinski definition) is 2. The Hall–Kier alpha value is -2.84. The molecule has 2 aromatic carbocycles. The molecule has 154 valence electrons. The Kier molecular flexibility index (Phi) is 4.75. The molecule has 1 aliphatic heterocycles. The molecule has 0 radical (unpaired) electrons. The Bertz CT molecular complexity index is 990. The lowest BCUT2D eigenvalue weighted by atomic mass is 9.42. The van der Waals surface area contributed by atoms with E-state index in [4.69, 9.17) is 6.42 Å². The predicted octanol–water partition coefficient (Wildman–Crippen LogP) is 3.48. The van der Waals surface area contributed by atoms with Gasteiger partial charge in [-0.3, -0.25) is 0 Å². The molecular formula is C25H26FN3O.